The smallest absolute Gasteiger partial charge is 0.258 e. The van der Waals surface area contributed by atoms with Crippen LogP contribution >= 0.6 is 0 Å². The molecule has 4 rings (SSSR count). The highest BCUT2D eigenvalue weighted by atomic mass is 16.2. The minimum Gasteiger partial charge on any atom is -0.356 e. The Kier molecular flexibility index (Phi) is 4.21. The summed E-state index contributed by atoms with van der Waals surface area (Å²) >= 11 is 0. The van der Waals surface area contributed by atoms with E-state index in [2.05, 4.69) is 20.1 Å². The highest BCUT2D eigenvalue weighted by Gasteiger charge is 2.39. The number of nitrogens with one attached hydrogen (secondary N) is 1. The van der Waals surface area contributed by atoms with E-state index in [0.29, 0.717) is 12.1 Å². The van der Waals surface area contributed by atoms with Crippen molar-refractivity contribution in [1.29, 1.82) is 0 Å². The SMILES string of the molecule is O=C(c1cccnc1N1CCCCC1)N1C2CCNCC1CC2. The molecule has 2 unspecified atom stereocenters. The maximum absolute atomic E-state index is 13.3. The molecule has 23 heavy (non-hydrogen) atoms. The predicted molar refractivity (Wildman–Crippen MR) is 90.8 cm³/mol. The summed E-state index contributed by atoms with van der Waals surface area (Å²) in [6.07, 6.45) is 8.85. The molecule has 1 N–H and O–H groups in total. The third-order valence-corrected chi connectivity index (χ3v) is 5.56. The molecular formula is C18H26N4O. The van der Waals surface area contributed by atoms with E-state index < -0.39 is 0 Å². The molecule has 0 aliphatic carbocycles. The largest absolute Gasteiger partial charge is 0.356 e. The van der Waals surface area contributed by atoms with Gasteiger partial charge in [0.2, 0.25) is 0 Å². The van der Waals surface area contributed by atoms with Crippen molar-refractivity contribution >= 4 is 11.7 Å². The zero-order valence-corrected chi connectivity index (χ0v) is 13.7. The lowest BCUT2D eigenvalue weighted by atomic mass is 10.1. The monoisotopic (exact) mass is 314 g/mol. The van der Waals surface area contributed by atoms with Gasteiger partial charge in [-0.05, 0) is 57.2 Å². The average Bonchev–Trinajstić information content (AvgIpc) is 2.88. The highest BCUT2D eigenvalue weighted by Crippen LogP contribution is 2.31. The lowest BCUT2D eigenvalue weighted by molar-refractivity contribution is 0.0680. The second-order valence-electron chi connectivity index (χ2n) is 7.01. The summed E-state index contributed by atoms with van der Waals surface area (Å²) in [4.78, 5) is 22.3. The number of aromatic nitrogens is 1. The second kappa shape index (κ2) is 6.48. The van der Waals surface area contributed by atoms with Crippen LogP contribution in [0, 0.1) is 0 Å². The number of carbonyl (C=O) groups excluding carboxylic acids is 1. The maximum Gasteiger partial charge on any atom is 0.258 e. The van der Waals surface area contributed by atoms with Crippen LogP contribution in [0.4, 0.5) is 5.82 Å². The van der Waals surface area contributed by atoms with E-state index in [1.54, 1.807) is 0 Å². The molecule has 0 aromatic carbocycles. The van der Waals surface area contributed by atoms with Crippen molar-refractivity contribution < 1.29 is 4.79 Å². The topological polar surface area (TPSA) is 48.5 Å². The molecule has 1 amide bonds. The molecule has 2 atom stereocenters. The van der Waals surface area contributed by atoms with Gasteiger partial charge in [0.1, 0.15) is 5.82 Å². The third kappa shape index (κ3) is 2.82. The van der Waals surface area contributed by atoms with E-state index in [-0.39, 0.29) is 5.91 Å². The summed E-state index contributed by atoms with van der Waals surface area (Å²) < 4.78 is 0. The summed E-state index contributed by atoms with van der Waals surface area (Å²) in [7, 11) is 0. The lowest BCUT2D eigenvalue weighted by Gasteiger charge is -2.32. The fraction of sp³-hybridized carbons (Fsp3) is 0.667. The minimum absolute atomic E-state index is 0.190. The first kappa shape index (κ1) is 14.9. The van der Waals surface area contributed by atoms with Gasteiger partial charge in [-0.25, -0.2) is 4.98 Å². The molecule has 124 valence electrons. The molecule has 0 spiro atoms. The van der Waals surface area contributed by atoms with Gasteiger partial charge in [0, 0.05) is 37.9 Å². The Bertz CT molecular complexity index is 556. The zero-order valence-electron chi connectivity index (χ0n) is 13.7. The number of nitrogens with zero attached hydrogens (tertiary/aromatic N) is 3. The molecule has 3 aliphatic rings. The minimum atomic E-state index is 0.190. The van der Waals surface area contributed by atoms with Crippen molar-refractivity contribution in [3.05, 3.63) is 23.9 Å². The van der Waals surface area contributed by atoms with Crippen LogP contribution in [0.2, 0.25) is 0 Å². The van der Waals surface area contributed by atoms with Crippen molar-refractivity contribution in [1.82, 2.24) is 15.2 Å². The van der Waals surface area contributed by atoms with Crippen molar-refractivity contribution in [3.63, 3.8) is 0 Å². The van der Waals surface area contributed by atoms with Crippen LogP contribution in [0.3, 0.4) is 0 Å². The first-order valence-corrected chi connectivity index (χ1v) is 9.08. The van der Waals surface area contributed by atoms with Crippen molar-refractivity contribution in [2.24, 2.45) is 0 Å². The van der Waals surface area contributed by atoms with E-state index >= 15 is 0 Å². The van der Waals surface area contributed by atoms with Crippen LogP contribution < -0.4 is 10.2 Å². The van der Waals surface area contributed by atoms with E-state index in [4.69, 9.17) is 0 Å². The van der Waals surface area contributed by atoms with Gasteiger partial charge < -0.3 is 15.1 Å². The maximum atomic E-state index is 13.3. The Balaban J connectivity index is 1.63. The van der Waals surface area contributed by atoms with Gasteiger partial charge in [-0.2, -0.15) is 0 Å². The molecule has 3 fully saturated rings. The van der Waals surface area contributed by atoms with Gasteiger partial charge in [0.05, 0.1) is 5.56 Å². The van der Waals surface area contributed by atoms with Gasteiger partial charge in [-0.15, -0.1) is 0 Å². The Hall–Kier alpha value is -1.62. The van der Waals surface area contributed by atoms with Crippen LogP contribution in [0.1, 0.15) is 48.9 Å². The molecule has 5 nitrogen and oxygen atoms in total. The molecule has 2 bridgehead atoms. The summed E-state index contributed by atoms with van der Waals surface area (Å²) in [5, 5.41) is 3.47. The number of piperidine rings is 1. The zero-order chi connectivity index (χ0) is 15.6. The van der Waals surface area contributed by atoms with E-state index in [1.165, 1.54) is 19.3 Å². The second-order valence-corrected chi connectivity index (χ2v) is 7.01. The van der Waals surface area contributed by atoms with Gasteiger partial charge >= 0.3 is 0 Å². The Morgan fingerprint density at radius 1 is 1.13 bits per heavy atom. The van der Waals surface area contributed by atoms with Crippen LogP contribution in [0.15, 0.2) is 18.3 Å². The fourth-order valence-electron chi connectivity index (χ4n) is 4.37. The molecule has 1 aromatic heterocycles. The Morgan fingerprint density at radius 2 is 1.96 bits per heavy atom. The molecule has 4 heterocycles. The number of hydrogen-bond donors (Lipinski definition) is 1. The quantitative estimate of drug-likeness (QED) is 0.907. The molecule has 3 aliphatic heterocycles. The molecule has 3 saturated heterocycles. The van der Waals surface area contributed by atoms with Crippen LogP contribution in [-0.2, 0) is 0 Å². The Morgan fingerprint density at radius 3 is 2.83 bits per heavy atom. The van der Waals surface area contributed by atoms with Crippen molar-refractivity contribution in [2.75, 3.05) is 31.1 Å². The first-order valence-electron chi connectivity index (χ1n) is 9.08. The van der Waals surface area contributed by atoms with E-state index in [0.717, 1.165) is 56.8 Å². The number of rotatable bonds is 2. The summed E-state index contributed by atoms with van der Waals surface area (Å²) in [5.74, 6) is 1.09. The number of carbonyl (C=O) groups is 1. The summed E-state index contributed by atoms with van der Waals surface area (Å²) in [6, 6.07) is 4.62. The number of anilines is 1. The number of pyridine rings is 1. The molecule has 1 aromatic rings. The standard InChI is InChI=1S/C18H26N4O/c23-18(22-14-6-7-15(22)13-19-10-8-14)16-5-4-9-20-17(16)21-11-2-1-3-12-21/h4-5,9,14-15,19H,1-3,6-8,10-13H2. The lowest BCUT2D eigenvalue weighted by Crippen LogP contribution is -2.43. The van der Waals surface area contributed by atoms with Crippen LogP contribution in [0.25, 0.3) is 0 Å². The molecule has 0 radical (unpaired) electrons. The fourth-order valence-corrected chi connectivity index (χ4v) is 4.37. The predicted octanol–water partition coefficient (Wildman–Crippen LogP) is 2.04. The third-order valence-electron chi connectivity index (χ3n) is 5.56. The molecule has 0 saturated carbocycles. The van der Waals surface area contributed by atoms with Crippen molar-refractivity contribution in [3.8, 4) is 0 Å². The van der Waals surface area contributed by atoms with Crippen LogP contribution in [-0.4, -0.2) is 54.1 Å². The first-order chi connectivity index (χ1) is 11.3. The normalized spacial score (nSPS) is 27.8. The molecule has 5 heteroatoms. The van der Waals surface area contributed by atoms with Gasteiger partial charge in [0.15, 0.2) is 0 Å². The highest BCUT2D eigenvalue weighted by molar-refractivity contribution is 5.99. The van der Waals surface area contributed by atoms with E-state index in [9.17, 15) is 4.79 Å². The number of amides is 1. The van der Waals surface area contributed by atoms with Gasteiger partial charge in [-0.3, -0.25) is 4.79 Å². The van der Waals surface area contributed by atoms with E-state index in [1.807, 2.05) is 18.3 Å². The van der Waals surface area contributed by atoms with Crippen LogP contribution in [0.5, 0.6) is 0 Å². The molecular weight excluding hydrogens is 288 g/mol. The Labute approximate surface area is 138 Å². The van der Waals surface area contributed by atoms with Crippen molar-refractivity contribution in [2.45, 2.75) is 50.6 Å². The number of hydrogen-bond acceptors (Lipinski definition) is 4. The van der Waals surface area contributed by atoms with Gasteiger partial charge in [-0.1, -0.05) is 0 Å². The average molecular weight is 314 g/mol. The number of fused-ring (bicyclic) bond motifs is 2. The summed E-state index contributed by atoms with van der Waals surface area (Å²) in [6.45, 7) is 4.00. The van der Waals surface area contributed by atoms with Gasteiger partial charge in [0.25, 0.3) is 5.91 Å². The summed E-state index contributed by atoms with van der Waals surface area (Å²) in [5.41, 5.74) is 0.799.